The molecule has 106 valence electrons. The maximum Gasteiger partial charge on any atom is 0.363 e. The molecule has 2 amide bonds. The summed E-state index contributed by atoms with van der Waals surface area (Å²) in [7, 11) is 0. The Morgan fingerprint density at radius 3 is 2.14 bits per heavy atom. The SMILES string of the molecule is O=C(ON1C(=O)[C@@H]2[C@H](C1=O)[C@H]1C=C[C@@H]2O1)c1ccccc1. The van der Waals surface area contributed by atoms with Crippen molar-refractivity contribution in [2.75, 3.05) is 0 Å². The van der Waals surface area contributed by atoms with Gasteiger partial charge in [0, 0.05) is 0 Å². The predicted octanol–water partition coefficient (Wildman–Crippen LogP) is 0.697. The molecule has 0 spiro atoms. The van der Waals surface area contributed by atoms with Gasteiger partial charge in [-0.3, -0.25) is 9.59 Å². The highest BCUT2D eigenvalue weighted by molar-refractivity contribution is 6.07. The van der Waals surface area contributed by atoms with Crippen LogP contribution in [0.15, 0.2) is 42.5 Å². The van der Waals surface area contributed by atoms with Crippen molar-refractivity contribution in [2.24, 2.45) is 11.8 Å². The Morgan fingerprint density at radius 2 is 1.57 bits per heavy atom. The molecule has 0 N–H and O–H groups in total. The van der Waals surface area contributed by atoms with Crippen molar-refractivity contribution in [1.29, 1.82) is 0 Å². The summed E-state index contributed by atoms with van der Waals surface area (Å²) in [5.41, 5.74) is 0.285. The van der Waals surface area contributed by atoms with E-state index >= 15 is 0 Å². The summed E-state index contributed by atoms with van der Waals surface area (Å²) >= 11 is 0. The minimum Gasteiger partial charge on any atom is -0.365 e. The van der Waals surface area contributed by atoms with Gasteiger partial charge in [0.25, 0.3) is 11.8 Å². The van der Waals surface area contributed by atoms with E-state index in [1.807, 2.05) is 0 Å². The zero-order valence-electron chi connectivity index (χ0n) is 10.8. The number of hydrogen-bond acceptors (Lipinski definition) is 5. The quantitative estimate of drug-likeness (QED) is 0.590. The van der Waals surface area contributed by atoms with E-state index in [9.17, 15) is 14.4 Å². The average Bonchev–Trinajstić information content (AvgIpc) is 3.18. The van der Waals surface area contributed by atoms with Crippen LogP contribution in [0.1, 0.15) is 10.4 Å². The number of benzene rings is 1. The fourth-order valence-corrected chi connectivity index (χ4v) is 3.08. The maximum atomic E-state index is 12.3. The van der Waals surface area contributed by atoms with Gasteiger partial charge in [0.1, 0.15) is 0 Å². The van der Waals surface area contributed by atoms with E-state index in [1.54, 1.807) is 42.5 Å². The summed E-state index contributed by atoms with van der Waals surface area (Å²) in [5, 5.41) is 0.597. The van der Waals surface area contributed by atoms with E-state index in [4.69, 9.17) is 9.57 Å². The number of hydroxylamine groups is 2. The van der Waals surface area contributed by atoms with E-state index in [2.05, 4.69) is 0 Å². The summed E-state index contributed by atoms with van der Waals surface area (Å²) in [6.07, 6.45) is 2.77. The van der Waals surface area contributed by atoms with Crippen molar-refractivity contribution in [1.82, 2.24) is 5.06 Å². The normalized spacial score (nSPS) is 32.7. The second-order valence-corrected chi connectivity index (χ2v) is 5.22. The Balaban J connectivity index is 1.56. The molecule has 3 aliphatic rings. The molecule has 1 aromatic carbocycles. The van der Waals surface area contributed by atoms with E-state index < -0.39 is 41.8 Å². The van der Waals surface area contributed by atoms with E-state index in [1.165, 1.54) is 0 Å². The molecular weight excluding hydrogens is 274 g/mol. The molecule has 1 aromatic rings. The molecule has 3 heterocycles. The second kappa shape index (κ2) is 4.26. The molecule has 2 saturated heterocycles. The minimum absolute atomic E-state index is 0.285. The highest BCUT2D eigenvalue weighted by Gasteiger charge is 2.62. The van der Waals surface area contributed by atoms with Crippen LogP contribution in [-0.4, -0.2) is 35.1 Å². The number of carbonyl (C=O) groups excluding carboxylic acids is 3. The van der Waals surface area contributed by atoms with Gasteiger partial charge >= 0.3 is 5.97 Å². The van der Waals surface area contributed by atoms with Crippen LogP contribution in [0, 0.1) is 11.8 Å². The van der Waals surface area contributed by atoms with Crippen LogP contribution >= 0.6 is 0 Å². The molecule has 21 heavy (non-hydrogen) atoms. The summed E-state index contributed by atoms with van der Waals surface area (Å²) in [6.45, 7) is 0. The van der Waals surface area contributed by atoms with Crippen molar-refractivity contribution < 1.29 is 24.0 Å². The number of fused-ring (bicyclic) bond motifs is 5. The Bertz CT molecular complexity index is 638. The molecule has 4 rings (SSSR count). The Morgan fingerprint density at radius 1 is 1.00 bits per heavy atom. The van der Waals surface area contributed by atoms with Gasteiger partial charge in [-0.1, -0.05) is 30.4 Å². The van der Waals surface area contributed by atoms with Crippen LogP contribution in [0.2, 0.25) is 0 Å². The molecule has 2 bridgehead atoms. The van der Waals surface area contributed by atoms with E-state index in [0.717, 1.165) is 0 Å². The number of rotatable bonds is 2. The number of hydrogen-bond donors (Lipinski definition) is 0. The minimum atomic E-state index is -0.724. The zero-order chi connectivity index (χ0) is 14.6. The van der Waals surface area contributed by atoms with Crippen molar-refractivity contribution in [3.63, 3.8) is 0 Å². The van der Waals surface area contributed by atoms with Crippen LogP contribution in [0.25, 0.3) is 0 Å². The third kappa shape index (κ3) is 1.66. The van der Waals surface area contributed by atoms with Gasteiger partial charge in [-0.05, 0) is 12.1 Å². The Hall–Kier alpha value is -2.47. The maximum absolute atomic E-state index is 12.3. The molecule has 0 saturated carbocycles. The molecule has 0 unspecified atom stereocenters. The van der Waals surface area contributed by atoms with Gasteiger partial charge in [0.2, 0.25) is 0 Å². The van der Waals surface area contributed by atoms with Crippen molar-refractivity contribution >= 4 is 17.8 Å². The standard InChI is InChI=1S/C15H11NO5/c17-13-11-9-6-7-10(20-9)12(11)14(18)16(13)21-15(19)8-4-2-1-3-5-8/h1-7,9-12H/t9-,10+,11-,12+. The topological polar surface area (TPSA) is 72.9 Å². The Kier molecular flexibility index (Phi) is 2.49. The molecule has 0 radical (unpaired) electrons. The number of carbonyl (C=O) groups is 3. The third-order valence-electron chi connectivity index (χ3n) is 4.05. The highest BCUT2D eigenvalue weighted by Crippen LogP contribution is 2.45. The van der Waals surface area contributed by atoms with Crippen LogP contribution in [0.3, 0.4) is 0 Å². The van der Waals surface area contributed by atoms with Crippen molar-refractivity contribution in [2.45, 2.75) is 12.2 Å². The summed E-state index contributed by atoms with van der Waals surface area (Å²) < 4.78 is 5.50. The van der Waals surface area contributed by atoms with Crippen LogP contribution in [-0.2, 0) is 19.2 Å². The van der Waals surface area contributed by atoms with Crippen LogP contribution < -0.4 is 0 Å². The van der Waals surface area contributed by atoms with Crippen LogP contribution in [0.5, 0.6) is 0 Å². The number of amides is 2. The fourth-order valence-electron chi connectivity index (χ4n) is 3.08. The monoisotopic (exact) mass is 285 g/mol. The van der Waals surface area contributed by atoms with Gasteiger partial charge < -0.3 is 9.57 Å². The smallest absolute Gasteiger partial charge is 0.363 e. The van der Waals surface area contributed by atoms with Gasteiger partial charge in [-0.15, -0.1) is 5.06 Å². The molecule has 6 heteroatoms. The fraction of sp³-hybridized carbons (Fsp3) is 0.267. The molecule has 6 nitrogen and oxygen atoms in total. The summed E-state index contributed by atoms with van der Waals surface area (Å²) in [4.78, 5) is 41.5. The number of ether oxygens (including phenoxy) is 1. The third-order valence-corrected chi connectivity index (χ3v) is 4.05. The molecular formula is C15H11NO5. The number of imide groups is 1. The first-order valence-corrected chi connectivity index (χ1v) is 6.66. The first-order chi connectivity index (χ1) is 10.2. The molecule has 4 atom stereocenters. The molecule has 0 aromatic heterocycles. The first kappa shape index (κ1) is 12.3. The van der Waals surface area contributed by atoms with Gasteiger partial charge in [0.15, 0.2) is 0 Å². The van der Waals surface area contributed by atoms with E-state index in [0.29, 0.717) is 5.06 Å². The Labute approximate surface area is 119 Å². The lowest BCUT2D eigenvalue weighted by Crippen LogP contribution is -2.36. The molecule has 0 aliphatic carbocycles. The number of nitrogens with zero attached hydrogens (tertiary/aromatic N) is 1. The second-order valence-electron chi connectivity index (χ2n) is 5.22. The molecule has 2 fully saturated rings. The summed E-state index contributed by atoms with van der Waals surface area (Å²) in [6, 6.07) is 8.23. The van der Waals surface area contributed by atoms with Gasteiger partial charge in [-0.25, -0.2) is 4.79 Å². The first-order valence-electron chi connectivity index (χ1n) is 6.66. The van der Waals surface area contributed by atoms with Gasteiger partial charge in [-0.2, -0.15) is 0 Å². The average molecular weight is 285 g/mol. The van der Waals surface area contributed by atoms with Gasteiger partial charge in [0.05, 0.1) is 29.6 Å². The van der Waals surface area contributed by atoms with E-state index in [-0.39, 0.29) is 5.56 Å². The lowest BCUT2D eigenvalue weighted by molar-refractivity contribution is -0.177. The lowest BCUT2D eigenvalue weighted by atomic mass is 9.85. The van der Waals surface area contributed by atoms with Crippen molar-refractivity contribution in [3.05, 3.63) is 48.0 Å². The zero-order valence-corrected chi connectivity index (χ0v) is 10.8. The lowest BCUT2D eigenvalue weighted by Gasteiger charge is -2.16. The summed E-state index contributed by atoms with van der Waals surface area (Å²) in [5.74, 6) is -2.89. The highest BCUT2D eigenvalue weighted by atomic mass is 16.7. The van der Waals surface area contributed by atoms with Crippen LogP contribution in [0.4, 0.5) is 0 Å². The molecule has 3 aliphatic heterocycles. The predicted molar refractivity (Wildman–Crippen MR) is 68.5 cm³/mol. The largest absolute Gasteiger partial charge is 0.365 e. The van der Waals surface area contributed by atoms with Crippen molar-refractivity contribution in [3.8, 4) is 0 Å².